The van der Waals surface area contributed by atoms with Crippen LogP contribution in [0, 0.1) is 23.2 Å². The maximum atomic E-state index is 12.8. The van der Waals surface area contributed by atoms with E-state index in [-0.39, 0.29) is 30.1 Å². The molecule has 0 saturated heterocycles. The summed E-state index contributed by atoms with van der Waals surface area (Å²) in [6, 6.07) is 0.524. The van der Waals surface area contributed by atoms with Crippen LogP contribution in [0.2, 0.25) is 0 Å². The number of aromatic nitrogens is 2. The number of amides is 1. The molecule has 4 atom stereocenters. The first-order chi connectivity index (χ1) is 13.6. The van der Waals surface area contributed by atoms with E-state index in [9.17, 15) is 9.59 Å². The molecule has 1 amide bonds. The van der Waals surface area contributed by atoms with Gasteiger partial charge in [0.2, 0.25) is 5.91 Å². The number of hydrogen-bond acceptors (Lipinski definition) is 4. The molecular weight excluding hydrogens is 432 g/mol. The normalized spacial score (nSPS) is 29.6. The number of halogens is 1. The minimum absolute atomic E-state index is 0.0453. The zero-order valence-corrected chi connectivity index (χ0v) is 19.9. The fraction of sp³-hybridized carbons (Fsp3) is 0.773. The largest absolute Gasteiger partial charge is 0.380 e. The second-order valence-corrected chi connectivity index (χ2v) is 10.5. The second kappa shape index (κ2) is 8.78. The molecule has 1 aromatic heterocycles. The summed E-state index contributed by atoms with van der Waals surface area (Å²) in [5, 5.41) is 10.8. The summed E-state index contributed by atoms with van der Waals surface area (Å²) in [7, 11) is 0. The van der Waals surface area contributed by atoms with Gasteiger partial charge in [0, 0.05) is 12.1 Å². The number of hydrogen-bond donors (Lipinski definition) is 2. The van der Waals surface area contributed by atoms with Crippen molar-refractivity contribution < 1.29 is 4.79 Å². The van der Waals surface area contributed by atoms with Crippen LogP contribution in [0.4, 0.5) is 5.69 Å². The predicted octanol–water partition coefficient (Wildman–Crippen LogP) is 4.18. The molecule has 2 aliphatic rings. The highest BCUT2D eigenvalue weighted by molar-refractivity contribution is 9.10. The number of carbonyl (C=O) groups is 1. The van der Waals surface area contributed by atoms with E-state index < -0.39 is 0 Å². The highest BCUT2D eigenvalue weighted by atomic mass is 79.9. The van der Waals surface area contributed by atoms with Gasteiger partial charge in [0.15, 0.2) is 0 Å². The third-order valence-corrected chi connectivity index (χ3v) is 8.58. The van der Waals surface area contributed by atoms with Crippen molar-refractivity contribution >= 4 is 27.5 Å². The molecule has 7 heteroatoms. The maximum absolute atomic E-state index is 12.8. The van der Waals surface area contributed by atoms with Gasteiger partial charge in [0.1, 0.15) is 11.0 Å². The molecule has 2 fully saturated rings. The first kappa shape index (κ1) is 22.3. The number of anilines is 1. The second-order valence-electron chi connectivity index (χ2n) is 9.74. The minimum atomic E-state index is -0.276. The average Bonchev–Trinajstić information content (AvgIpc) is 3.17. The van der Waals surface area contributed by atoms with E-state index in [0.717, 1.165) is 32.1 Å². The SMILES string of the molecule is C[C@@H]1[C@@H](C)C(C)(C)[C@@H](C)C[C@H]1Nc1cnn(CC(=O)NC2CCCC2)c(=O)c1Br. The zero-order valence-electron chi connectivity index (χ0n) is 18.3. The third-order valence-electron chi connectivity index (χ3n) is 7.81. The van der Waals surface area contributed by atoms with E-state index in [0.29, 0.717) is 33.3 Å². The Balaban J connectivity index is 1.69. The standard InChI is InChI=1S/C22H35BrN4O2/c1-13-10-17(14(2)15(3)22(13,4)5)26-18-11-24-27(21(29)20(18)23)12-19(28)25-16-8-6-7-9-16/h11,13-17,26H,6-10,12H2,1-5H3,(H,25,28)/t13-,14+,15+,17+/m0/s1. The van der Waals surface area contributed by atoms with Gasteiger partial charge in [0.05, 0.1) is 11.9 Å². The quantitative estimate of drug-likeness (QED) is 0.681. The van der Waals surface area contributed by atoms with Crippen molar-refractivity contribution in [3.8, 4) is 0 Å². The van der Waals surface area contributed by atoms with Crippen molar-refractivity contribution in [1.29, 1.82) is 0 Å². The molecule has 2 aliphatic carbocycles. The first-order valence-electron chi connectivity index (χ1n) is 10.9. The maximum Gasteiger partial charge on any atom is 0.283 e. The van der Waals surface area contributed by atoms with Crippen molar-refractivity contribution in [3.05, 3.63) is 21.0 Å². The van der Waals surface area contributed by atoms with Gasteiger partial charge in [-0.2, -0.15) is 5.10 Å². The molecular formula is C22H35BrN4O2. The number of rotatable bonds is 5. The lowest BCUT2D eigenvalue weighted by Gasteiger charge is -2.50. The van der Waals surface area contributed by atoms with Gasteiger partial charge in [-0.3, -0.25) is 9.59 Å². The van der Waals surface area contributed by atoms with Crippen LogP contribution >= 0.6 is 15.9 Å². The van der Waals surface area contributed by atoms with Crippen molar-refractivity contribution in [2.24, 2.45) is 23.2 Å². The van der Waals surface area contributed by atoms with Crippen LogP contribution in [-0.2, 0) is 11.3 Å². The molecule has 0 aliphatic heterocycles. The molecule has 2 N–H and O–H groups in total. The van der Waals surface area contributed by atoms with Crippen LogP contribution in [-0.4, -0.2) is 27.8 Å². The summed E-state index contributed by atoms with van der Waals surface area (Å²) in [6.45, 7) is 11.6. The molecule has 1 aromatic rings. The number of nitrogens with zero attached hydrogens (tertiary/aromatic N) is 2. The van der Waals surface area contributed by atoms with E-state index in [1.807, 2.05) is 0 Å². The van der Waals surface area contributed by atoms with Gasteiger partial charge >= 0.3 is 0 Å². The molecule has 162 valence electrons. The Hall–Kier alpha value is -1.37. The van der Waals surface area contributed by atoms with Crippen LogP contribution in [0.15, 0.2) is 15.5 Å². The van der Waals surface area contributed by atoms with E-state index in [1.54, 1.807) is 6.20 Å². The molecule has 0 aromatic carbocycles. The van der Waals surface area contributed by atoms with Crippen LogP contribution in [0.3, 0.4) is 0 Å². The molecule has 1 heterocycles. The fourth-order valence-corrected chi connectivity index (χ4v) is 5.34. The highest BCUT2D eigenvalue weighted by Gasteiger charge is 2.43. The lowest BCUT2D eigenvalue weighted by molar-refractivity contribution is -0.122. The van der Waals surface area contributed by atoms with Crippen molar-refractivity contribution in [3.63, 3.8) is 0 Å². The summed E-state index contributed by atoms with van der Waals surface area (Å²) < 4.78 is 1.68. The fourth-order valence-electron chi connectivity index (χ4n) is 4.92. The minimum Gasteiger partial charge on any atom is -0.380 e. The molecule has 0 spiro atoms. The molecule has 29 heavy (non-hydrogen) atoms. The van der Waals surface area contributed by atoms with E-state index in [2.05, 4.69) is 66.3 Å². The van der Waals surface area contributed by atoms with Gasteiger partial charge in [-0.25, -0.2) is 4.68 Å². The summed E-state index contributed by atoms with van der Waals surface area (Å²) in [4.78, 5) is 25.0. The Morgan fingerprint density at radius 1 is 1.28 bits per heavy atom. The van der Waals surface area contributed by atoms with E-state index in [4.69, 9.17) is 0 Å². The van der Waals surface area contributed by atoms with Crippen LogP contribution in [0.1, 0.15) is 66.7 Å². The number of carbonyl (C=O) groups excluding carboxylic acids is 1. The van der Waals surface area contributed by atoms with Crippen LogP contribution in [0.5, 0.6) is 0 Å². The summed E-state index contributed by atoms with van der Waals surface area (Å²) >= 11 is 3.44. The Morgan fingerprint density at radius 3 is 2.59 bits per heavy atom. The van der Waals surface area contributed by atoms with Crippen LogP contribution < -0.4 is 16.2 Å². The predicted molar refractivity (Wildman–Crippen MR) is 120 cm³/mol. The lowest BCUT2D eigenvalue weighted by atomic mass is 9.58. The summed E-state index contributed by atoms with van der Waals surface area (Å²) in [6.07, 6.45) is 7.07. The third kappa shape index (κ3) is 4.70. The lowest BCUT2D eigenvalue weighted by Crippen LogP contribution is -2.48. The summed E-state index contributed by atoms with van der Waals surface area (Å²) in [5.41, 5.74) is 0.725. The molecule has 0 unspecified atom stereocenters. The molecule has 0 bridgehead atoms. The van der Waals surface area contributed by atoms with Gasteiger partial charge < -0.3 is 10.6 Å². The van der Waals surface area contributed by atoms with Crippen molar-refractivity contribution in [2.45, 2.75) is 85.4 Å². The smallest absolute Gasteiger partial charge is 0.283 e. The Morgan fingerprint density at radius 2 is 1.93 bits per heavy atom. The summed E-state index contributed by atoms with van der Waals surface area (Å²) in [5.74, 6) is 1.48. The van der Waals surface area contributed by atoms with Crippen molar-refractivity contribution in [1.82, 2.24) is 15.1 Å². The van der Waals surface area contributed by atoms with Crippen molar-refractivity contribution in [2.75, 3.05) is 5.32 Å². The zero-order chi connectivity index (χ0) is 21.3. The molecule has 3 rings (SSSR count). The van der Waals surface area contributed by atoms with Gasteiger partial charge in [-0.1, -0.05) is 47.5 Å². The van der Waals surface area contributed by atoms with Gasteiger partial charge in [-0.05, 0) is 58.4 Å². The van der Waals surface area contributed by atoms with Crippen LogP contribution in [0.25, 0.3) is 0 Å². The molecule has 2 saturated carbocycles. The number of nitrogens with one attached hydrogen (secondary N) is 2. The molecule has 0 radical (unpaired) electrons. The Labute approximate surface area is 182 Å². The monoisotopic (exact) mass is 466 g/mol. The van der Waals surface area contributed by atoms with Gasteiger partial charge in [0.25, 0.3) is 5.56 Å². The molecule has 6 nitrogen and oxygen atoms in total. The highest BCUT2D eigenvalue weighted by Crippen LogP contribution is 2.48. The average molecular weight is 467 g/mol. The van der Waals surface area contributed by atoms with Gasteiger partial charge in [-0.15, -0.1) is 0 Å². The van der Waals surface area contributed by atoms with E-state index >= 15 is 0 Å². The Kier molecular flexibility index (Phi) is 6.76. The first-order valence-corrected chi connectivity index (χ1v) is 11.7. The Bertz CT molecular complexity index is 800. The van der Waals surface area contributed by atoms with E-state index in [1.165, 1.54) is 4.68 Å². The topological polar surface area (TPSA) is 76.0 Å².